The Morgan fingerprint density at radius 3 is 1.62 bits per heavy atom. The fraction of sp³-hybridized carbons (Fsp3) is 0.400. The fourth-order valence-electron chi connectivity index (χ4n) is 0.313. The monoisotopic (exact) mass is 199 g/mol. The zero-order valence-corrected chi connectivity index (χ0v) is 8.88. The first-order valence-electron chi connectivity index (χ1n) is 3.99. The van der Waals surface area contributed by atoms with Crippen molar-refractivity contribution in [2.24, 2.45) is 5.41 Å². The predicted octanol–water partition coefficient (Wildman–Crippen LogP) is 2.88. The van der Waals surface area contributed by atoms with E-state index in [0.29, 0.717) is 0 Å². The summed E-state index contributed by atoms with van der Waals surface area (Å²) >= 11 is 5.11. The highest BCUT2D eigenvalue weighted by atomic mass is 35.5. The maximum Gasteiger partial charge on any atom is 0.226 e. The average molecular weight is 200 g/mol. The number of halogens is 1. The largest absolute Gasteiger partial charge is 0.281 e. The van der Waals surface area contributed by atoms with E-state index >= 15 is 0 Å². The third kappa shape index (κ3) is 7.47. The van der Waals surface area contributed by atoms with E-state index in [1.807, 2.05) is 18.2 Å². The number of pyridine rings is 1. The number of carbonyl (C=O) groups is 1. The van der Waals surface area contributed by atoms with Crippen LogP contribution in [0.1, 0.15) is 20.8 Å². The van der Waals surface area contributed by atoms with Crippen LogP contribution in [0.4, 0.5) is 0 Å². The maximum atomic E-state index is 10.2. The van der Waals surface area contributed by atoms with Crippen LogP contribution in [0.2, 0.25) is 0 Å². The molecule has 0 spiro atoms. The summed E-state index contributed by atoms with van der Waals surface area (Å²) in [5, 5.41) is -0.285. The van der Waals surface area contributed by atoms with Crippen LogP contribution < -0.4 is 0 Å². The highest BCUT2D eigenvalue weighted by molar-refractivity contribution is 6.64. The van der Waals surface area contributed by atoms with Gasteiger partial charge in [0.05, 0.1) is 0 Å². The van der Waals surface area contributed by atoms with Gasteiger partial charge in [-0.25, -0.2) is 0 Å². The molecular weight excluding hydrogens is 186 g/mol. The van der Waals surface area contributed by atoms with E-state index in [4.69, 9.17) is 11.6 Å². The first-order valence-corrected chi connectivity index (χ1v) is 4.37. The van der Waals surface area contributed by atoms with Gasteiger partial charge in [0.2, 0.25) is 5.24 Å². The zero-order chi connectivity index (χ0) is 10.3. The lowest BCUT2D eigenvalue weighted by atomic mass is 10.00. The summed E-state index contributed by atoms with van der Waals surface area (Å²) in [4.78, 5) is 14.0. The van der Waals surface area contributed by atoms with Crippen LogP contribution in [0, 0.1) is 5.41 Å². The van der Waals surface area contributed by atoms with Gasteiger partial charge in [-0.05, 0) is 23.7 Å². The van der Waals surface area contributed by atoms with Crippen molar-refractivity contribution < 1.29 is 4.79 Å². The van der Waals surface area contributed by atoms with Crippen molar-refractivity contribution in [3.05, 3.63) is 30.6 Å². The molecular formula is C10H14ClNO. The van der Waals surface area contributed by atoms with E-state index in [2.05, 4.69) is 4.98 Å². The molecule has 0 aliphatic rings. The van der Waals surface area contributed by atoms with Crippen LogP contribution in [0.5, 0.6) is 0 Å². The van der Waals surface area contributed by atoms with Crippen LogP contribution >= 0.6 is 11.6 Å². The van der Waals surface area contributed by atoms with Crippen molar-refractivity contribution in [3.63, 3.8) is 0 Å². The van der Waals surface area contributed by atoms with Gasteiger partial charge in [-0.3, -0.25) is 9.78 Å². The van der Waals surface area contributed by atoms with Gasteiger partial charge in [0.25, 0.3) is 0 Å². The molecule has 0 saturated carbocycles. The molecule has 0 saturated heterocycles. The molecule has 0 fully saturated rings. The SMILES string of the molecule is CC(C)(C)C(=O)Cl.c1ccncc1. The van der Waals surface area contributed by atoms with Gasteiger partial charge in [-0.15, -0.1) is 0 Å². The Bertz CT molecular complexity index is 214. The Kier molecular flexibility index (Phi) is 5.31. The molecule has 1 heterocycles. The summed E-state index contributed by atoms with van der Waals surface area (Å²) in [6, 6.07) is 5.72. The summed E-state index contributed by atoms with van der Waals surface area (Å²) in [7, 11) is 0. The van der Waals surface area contributed by atoms with Gasteiger partial charge >= 0.3 is 0 Å². The Labute approximate surface area is 83.9 Å². The molecule has 0 atom stereocenters. The molecule has 13 heavy (non-hydrogen) atoms. The van der Waals surface area contributed by atoms with E-state index in [-0.39, 0.29) is 10.7 Å². The molecule has 0 bridgehead atoms. The number of hydrogen-bond acceptors (Lipinski definition) is 2. The highest BCUT2D eigenvalue weighted by Crippen LogP contribution is 2.15. The van der Waals surface area contributed by atoms with E-state index in [1.165, 1.54) is 0 Å². The minimum atomic E-state index is -0.373. The minimum Gasteiger partial charge on any atom is -0.281 e. The Hall–Kier alpha value is -0.890. The van der Waals surface area contributed by atoms with Crippen molar-refractivity contribution in [2.75, 3.05) is 0 Å². The van der Waals surface area contributed by atoms with Crippen LogP contribution in [0.25, 0.3) is 0 Å². The first-order chi connectivity index (χ1) is 5.94. The van der Waals surface area contributed by atoms with Gasteiger partial charge in [-0.1, -0.05) is 26.8 Å². The van der Waals surface area contributed by atoms with Crippen molar-refractivity contribution in [1.29, 1.82) is 0 Å². The molecule has 3 heteroatoms. The summed E-state index contributed by atoms with van der Waals surface area (Å²) in [5.41, 5.74) is -0.373. The lowest BCUT2D eigenvalue weighted by Gasteiger charge is -2.08. The van der Waals surface area contributed by atoms with E-state index in [9.17, 15) is 4.79 Å². The third-order valence-corrected chi connectivity index (χ3v) is 1.72. The van der Waals surface area contributed by atoms with Gasteiger partial charge in [-0.2, -0.15) is 0 Å². The standard InChI is InChI=1S/C5H9ClO.C5H5N/c1-5(2,3)4(6)7;1-2-4-6-5-3-1/h1-3H3;1-5H. The summed E-state index contributed by atoms with van der Waals surface area (Å²) in [6.45, 7) is 5.34. The molecule has 1 rings (SSSR count). The minimum absolute atomic E-state index is 0.285. The number of carbonyl (C=O) groups excluding carboxylic acids is 1. The number of nitrogens with zero attached hydrogens (tertiary/aromatic N) is 1. The molecule has 0 N–H and O–H groups in total. The zero-order valence-electron chi connectivity index (χ0n) is 8.12. The normalized spacial score (nSPS) is 9.85. The van der Waals surface area contributed by atoms with Crippen LogP contribution in [-0.4, -0.2) is 10.2 Å². The van der Waals surface area contributed by atoms with Gasteiger partial charge in [0, 0.05) is 17.8 Å². The molecule has 1 aromatic heterocycles. The molecule has 0 radical (unpaired) electrons. The van der Waals surface area contributed by atoms with Crippen LogP contribution in [-0.2, 0) is 4.79 Å². The van der Waals surface area contributed by atoms with Crippen LogP contribution in [0.3, 0.4) is 0 Å². The van der Waals surface area contributed by atoms with E-state index in [0.717, 1.165) is 0 Å². The number of aromatic nitrogens is 1. The smallest absolute Gasteiger partial charge is 0.226 e. The highest BCUT2D eigenvalue weighted by Gasteiger charge is 2.17. The van der Waals surface area contributed by atoms with Crippen LogP contribution in [0.15, 0.2) is 30.6 Å². The summed E-state index contributed by atoms with van der Waals surface area (Å²) in [6.07, 6.45) is 3.50. The van der Waals surface area contributed by atoms with Crippen molar-refractivity contribution in [3.8, 4) is 0 Å². The average Bonchev–Trinajstić information content (AvgIpc) is 2.07. The second-order valence-corrected chi connectivity index (χ2v) is 3.89. The van der Waals surface area contributed by atoms with Gasteiger partial charge in [0.15, 0.2) is 0 Å². The Morgan fingerprint density at radius 2 is 1.54 bits per heavy atom. The molecule has 0 aromatic carbocycles. The molecule has 1 aromatic rings. The third-order valence-electron chi connectivity index (χ3n) is 1.16. The van der Waals surface area contributed by atoms with E-state index < -0.39 is 0 Å². The van der Waals surface area contributed by atoms with Gasteiger partial charge < -0.3 is 0 Å². The lowest BCUT2D eigenvalue weighted by molar-refractivity contribution is -0.118. The summed E-state index contributed by atoms with van der Waals surface area (Å²) in [5.74, 6) is 0. The number of rotatable bonds is 0. The molecule has 72 valence electrons. The number of hydrogen-bond donors (Lipinski definition) is 0. The maximum absolute atomic E-state index is 10.2. The molecule has 0 aliphatic carbocycles. The lowest BCUT2D eigenvalue weighted by Crippen LogP contribution is -2.13. The molecule has 0 unspecified atom stereocenters. The molecule has 2 nitrogen and oxygen atoms in total. The van der Waals surface area contributed by atoms with Crippen molar-refractivity contribution >= 4 is 16.8 Å². The Morgan fingerprint density at radius 1 is 1.15 bits per heavy atom. The summed E-state index contributed by atoms with van der Waals surface area (Å²) < 4.78 is 0. The second-order valence-electron chi connectivity index (χ2n) is 3.55. The Balaban J connectivity index is 0.000000223. The first kappa shape index (κ1) is 12.1. The molecule has 0 aliphatic heterocycles. The topological polar surface area (TPSA) is 30.0 Å². The quantitative estimate of drug-likeness (QED) is 0.602. The van der Waals surface area contributed by atoms with Crippen molar-refractivity contribution in [1.82, 2.24) is 4.98 Å². The second kappa shape index (κ2) is 5.70. The van der Waals surface area contributed by atoms with Crippen molar-refractivity contribution in [2.45, 2.75) is 20.8 Å². The predicted molar refractivity (Wildman–Crippen MR) is 54.6 cm³/mol. The van der Waals surface area contributed by atoms with Gasteiger partial charge in [0.1, 0.15) is 0 Å². The fourth-order valence-corrected chi connectivity index (χ4v) is 0.313. The molecule has 0 amide bonds. The van der Waals surface area contributed by atoms with E-state index in [1.54, 1.807) is 33.2 Å².